The predicted octanol–water partition coefficient (Wildman–Crippen LogP) is 3.94. The fraction of sp³-hybridized carbons (Fsp3) is 0.261. The van der Waals surface area contributed by atoms with Crippen LogP contribution in [0.1, 0.15) is 45.4 Å². The summed E-state index contributed by atoms with van der Waals surface area (Å²) in [5, 5.41) is 4.43. The van der Waals surface area contributed by atoms with Gasteiger partial charge < -0.3 is 9.47 Å². The van der Waals surface area contributed by atoms with Gasteiger partial charge in [-0.2, -0.15) is 5.10 Å². The molecule has 7 heteroatoms. The molecule has 2 aromatic carbocycles. The number of carbonyl (C=O) groups excluding carboxylic acids is 2. The van der Waals surface area contributed by atoms with E-state index in [1.807, 2.05) is 0 Å². The van der Waals surface area contributed by atoms with E-state index in [1.54, 1.807) is 55.1 Å². The first kappa shape index (κ1) is 19.8. The molecular weight excluding hydrogens is 387 g/mol. The zero-order chi connectivity index (χ0) is 21.3. The van der Waals surface area contributed by atoms with Crippen LogP contribution < -0.4 is 4.74 Å². The molecule has 0 aliphatic heterocycles. The van der Waals surface area contributed by atoms with Crippen LogP contribution in [0.2, 0.25) is 0 Å². The molecule has 0 fully saturated rings. The molecule has 0 spiro atoms. The van der Waals surface area contributed by atoms with E-state index in [4.69, 9.17) is 9.47 Å². The Hall–Kier alpha value is -3.48. The van der Waals surface area contributed by atoms with Gasteiger partial charge in [-0.15, -0.1) is 0 Å². The summed E-state index contributed by atoms with van der Waals surface area (Å²) in [6, 6.07) is 12.6. The molecule has 1 aromatic heterocycles. The molecule has 0 N–H and O–H groups in total. The molecule has 6 nitrogen and oxygen atoms in total. The first-order valence-electron chi connectivity index (χ1n) is 9.74. The summed E-state index contributed by atoms with van der Waals surface area (Å²) < 4.78 is 25.5. The van der Waals surface area contributed by atoms with E-state index in [0.29, 0.717) is 23.4 Å². The van der Waals surface area contributed by atoms with E-state index in [-0.39, 0.29) is 17.3 Å². The maximum atomic E-state index is 13.3. The molecule has 1 unspecified atom stereocenters. The molecule has 1 aliphatic carbocycles. The van der Waals surface area contributed by atoms with Crippen molar-refractivity contribution < 1.29 is 23.5 Å². The third-order valence-electron chi connectivity index (χ3n) is 5.22. The van der Waals surface area contributed by atoms with Crippen LogP contribution >= 0.6 is 0 Å². The Morgan fingerprint density at radius 2 is 1.77 bits per heavy atom. The third kappa shape index (κ3) is 3.70. The second-order valence-corrected chi connectivity index (χ2v) is 7.16. The van der Waals surface area contributed by atoms with Crippen LogP contribution in [0.25, 0.3) is 5.69 Å². The van der Waals surface area contributed by atoms with Gasteiger partial charge in [0.2, 0.25) is 5.78 Å². The SMILES string of the molecule is COc1ccc(C(=O)C(C)OC(=O)c2nn(-c3ccc(F)cc3)c3c2CCC3)cc1. The Morgan fingerprint density at radius 1 is 1.07 bits per heavy atom. The van der Waals surface area contributed by atoms with Gasteiger partial charge in [0.1, 0.15) is 11.6 Å². The molecule has 0 amide bonds. The number of ketones is 1. The highest BCUT2D eigenvalue weighted by Crippen LogP contribution is 2.28. The highest BCUT2D eigenvalue weighted by molar-refractivity contribution is 6.01. The maximum absolute atomic E-state index is 13.3. The van der Waals surface area contributed by atoms with Gasteiger partial charge >= 0.3 is 5.97 Å². The molecule has 4 rings (SSSR count). The summed E-state index contributed by atoms with van der Waals surface area (Å²) in [4.78, 5) is 25.4. The van der Waals surface area contributed by atoms with Crippen molar-refractivity contribution in [3.63, 3.8) is 0 Å². The number of hydrogen-bond acceptors (Lipinski definition) is 5. The number of ether oxygens (including phenoxy) is 2. The van der Waals surface area contributed by atoms with E-state index in [9.17, 15) is 14.0 Å². The molecular formula is C23H21FN2O4. The summed E-state index contributed by atoms with van der Waals surface area (Å²) in [5.74, 6) is -0.643. The number of Topliss-reactive ketones (excluding diaryl/α,β-unsaturated/α-hetero) is 1. The number of nitrogens with zero attached hydrogens (tertiary/aromatic N) is 2. The average Bonchev–Trinajstić information content (AvgIpc) is 3.37. The molecule has 0 saturated carbocycles. The fourth-order valence-corrected chi connectivity index (χ4v) is 3.66. The lowest BCUT2D eigenvalue weighted by molar-refractivity contribution is 0.0311. The van der Waals surface area contributed by atoms with Crippen molar-refractivity contribution in [3.8, 4) is 11.4 Å². The monoisotopic (exact) mass is 408 g/mol. The van der Waals surface area contributed by atoms with Crippen LogP contribution in [0.5, 0.6) is 5.75 Å². The lowest BCUT2D eigenvalue weighted by atomic mass is 10.1. The second kappa shape index (κ2) is 8.10. The van der Waals surface area contributed by atoms with Crippen molar-refractivity contribution in [2.75, 3.05) is 7.11 Å². The van der Waals surface area contributed by atoms with Crippen LogP contribution in [0, 0.1) is 5.82 Å². The quantitative estimate of drug-likeness (QED) is 0.456. The number of benzene rings is 2. The molecule has 1 aliphatic rings. The molecule has 154 valence electrons. The van der Waals surface area contributed by atoms with Crippen molar-refractivity contribution in [1.29, 1.82) is 0 Å². The highest BCUT2D eigenvalue weighted by atomic mass is 19.1. The van der Waals surface area contributed by atoms with E-state index >= 15 is 0 Å². The molecule has 30 heavy (non-hydrogen) atoms. The Bertz CT molecular complexity index is 1090. The third-order valence-corrected chi connectivity index (χ3v) is 5.22. The zero-order valence-electron chi connectivity index (χ0n) is 16.7. The van der Waals surface area contributed by atoms with E-state index < -0.39 is 12.1 Å². The number of methoxy groups -OCH3 is 1. The van der Waals surface area contributed by atoms with Gasteiger partial charge in [0.05, 0.1) is 12.8 Å². The van der Waals surface area contributed by atoms with Gasteiger partial charge in [0.25, 0.3) is 0 Å². The second-order valence-electron chi connectivity index (χ2n) is 7.16. The molecule has 0 bridgehead atoms. The van der Waals surface area contributed by atoms with E-state index in [2.05, 4.69) is 5.10 Å². The smallest absolute Gasteiger partial charge is 0.359 e. The van der Waals surface area contributed by atoms with Gasteiger partial charge in [0, 0.05) is 16.8 Å². The molecule has 1 atom stereocenters. The minimum atomic E-state index is -0.959. The van der Waals surface area contributed by atoms with Crippen molar-refractivity contribution in [2.24, 2.45) is 0 Å². The van der Waals surface area contributed by atoms with Crippen LogP contribution in [0.3, 0.4) is 0 Å². The molecule has 3 aromatic rings. The topological polar surface area (TPSA) is 70.4 Å². The summed E-state index contributed by atoms with van der Waals surface area (Å²) in [6.45, 7) is 1.54. The van der Waals surface area contributed by atoms with Crippen molar-refractivity contribution in [1.82, 2.24) is 9.78 Å². The predicted molar refractivity (Wildman–Crippen MR) is 108 cm³/mol. The normalized spacial score (nSPS) is 13.6. The first-order chi connectivity index (χ1) is 14.5. The lowest BCUT2D eigenvalue weighted by Gasteiger charge is -2.12. The van der Waals surface area contributed by atoms with Crippen molar-refractivity contribution in [3.05, 3.63) is 76.9 Å². The van der Waals surface area contributed by atoms with Gasteiger partial charge in [-0.3, -0.25) is 4.79 Å². The fourth-order valence-electron chi connectivity index (χ4n) is 3.66. The number of hydrogen-bond donors (Lipinski definition) is 0. The number of carbonyl (C=O) groups is 2. The van der Waals surface area contributed by atoms with Gasteiger partial charge in [-0.25, -0.2) is 13.9 Å². The first-order valence-corrected chi connectivity index (χ1v) is 9.74. The number of rotatable bonds is 6. The summed E-state index contributed by atoms with van der Waals surface area (Å²) in [6.07, 6.45) is 1.42. The standard InChI is InChI=1S/C23H21FN2O4/c1-14(22(27)15-6-12-18(29-2)13-7-15)30-23(28)21-19-4-3-5-20(19)26(25-21)17-10-8-16(24)9-11-17/h6-14H,3-5H2,1-2H3. The number of fused-ring (bicyclic) bond motifs is 1. The number of esters is 1. The summed E-state index contributed by atoms with van der Waals surface area (Å²) in [5.41, 5.74) is 3.06. The number of halogens is 1. The van der Waals surface area contributed by atoms with E-state index in [0.717, 1.165) is 24.1 Å². The summed E-state index contributed by atoms with van der Waals surface area (Å²) in [7, 11) is 1.55. The van der Waals surface area contributed by atoms with Gasteiger partial charge in [-0.05, 0) is 74.7 Å². The van der Waals surface area contributed by atoms with Crippen LogP contribution in [0.4, 0.5) is 4.39 Å². The number of aromatic nitrogens is 2. The van der Waals surface area contributed by atoms with Gasteiger partial charge in [-0.1, -0.05) is 0 Å². The van der Waals surface area contributed by atoms with Crippen LogP contribution in [0.15, 0.2) is 48.5 Å². The highest BCUT2D eigenvalue weighted by Gasteiger charge is 2.30. The molecule has 0 saturated heterocycles. The lowest BCUT2D eigenvalue weighted by Crippen LogP contribution is -2.25. The van der Waals surface area contributed by atoms with Crippen molar-refractivity contribution in [2.45, 2.75) is 32.3 Å². The average molecular weight is 408 g/mol. The van der Waals surface area contributed by atoms with Crippen molar-refractivity contribution >= 4 is 11.8 Å². The minimum Gasteiger partial charge on any atom is -0.497 e. The summed E-state index contributed by atoms with van der Waals surface area (Å²) >= 11 is 0. The van der Waals surface area contributed by atoms with Gasteiger partial charge in [0.15, 0.2) is 11.8 Å². The van der Waals surface area contributed by atoms with Crippen LogP contribution in [-0.4, -0.2) is 34.7 Å². The molecule has 1 heterocycles. The Labute approximate surface area is 173 Å². The zero-order valence-corrected chi connectivity index (χ0v) is 16.7. The Kier molecular flexibility index (Phi) is 5.35. The van der Waals surface area contributed by atoms with E-state index in [1.165, 1.54) is 12.1 Å². The van der Waals surface area contributed by atoms with Crippen LogP contribution in [-0.2, 0) is 17.6 Å². The largest absolute Gasteiger partial charge is 0.497 e. The Balaban J connectivity index is 1.55. The maximum Gasteiger partial charge on any atom is 0.359 e. The Morgan fingerprint density at radius 3 is 2.43 bits per heavy atom. The minimum absolute atomic E-state index is 0.209. The molecule has 0 radical (unpaired) electrons.